The summed E-state index contributed by atoms with van der Waals surface area (Å²) < 4.78 is 11.3. The average molecular weight is 546 g/mol. The van der Waals surface area contributed by atoms with Crippen LogP contribution in [0.1, 0.15) is 13.3 Å². The summed E-state index contributed by atoms with van der Waals surface area (Å²) in [6.07, 6.45) is 2.70. The molecule has 2 N–H and O–H groups in total. The number of hydrogen-bond acceptors (Lipinski definition) is 5. The van der Waals surface area contributed by atoms with Crippen LogP contribution in [0.4, 0.5) is 5.82 Å². The Morgan fingerprint density at radius 3 is 2.77 bits per heavy atom. The van der Waals surface area contributed by atoms with Gasteiger partial charge < -0.3 is 25.0 Å². The van der Waals surface area contributed by atoms with Gasteiger partial charge in [0.25, 0.3) is 0 Å². The highest BCUT2D eigenvalue weighted by Crippen LogP contribution is 2.27. The second kappa shape index (κ2) is 12.0. The first-order chi connectivity index (χ1) is 14.1. The van der Waals surface area contributed by atoms with Crippen molar-refractivity contribution < 1.29 is 9.47 Å². The van der Waals surface area contributed by atoms with Crippen LogP contribution in [0.15, 0.2) is 47.6 Å². The standard InChI is InChI=1S/C21H28ClN5O2.HI/c1-15(29-19-9-5-4-8-18(19)28-3)13-25-21(23-2)26-16-10-12-27(14-16)20-17(22)7-6-11-24-20;/h4-9,11,15-16H,10,12-14H2,1-3H3,(H2,23,25,26);1H. The van der Waals surface area contributed by atoms with Gasteiger partial charge in [0, 0.05) is 32.4 Å². The van der Waals surface area contributed by atoms with Crippen LogP contribution in [0.3, 0.4) is 0 Å². The summed E-state index contributed by atoms with van der Waals surface area (Å²) in [6.45, 7) is 4.34. The lowest BCUT2D eigenvalue weighted by Gasteiger charge is -2.22. The molecule has 1 aliphatic heterocycles. The molecule has 0 bridgehead atoms. The summed E-state index contributed by atoms with van der Waals surface area (Å²) in [4.78, 5) is 10.9. The Morgan fingerprint density at radius 1 is 1.30 bits per heavy atom. The first kappa shape index (κ1) is 24.3. The van der Waals surface area contributed by atoms with Crippen molar-refractivity contribution >= 4 is 47.4 Å². The van der Waals surface area contributed by atoms with Crippen molar-refractivity contribution in [2.75, 3.05) is 38.7 Å². The van der Waals surface area contributed by atoms with Crippen LogP contribution >= 0.6 is 35.6 Å². The fraction of sp³-hybridized carbons (Fsp3) is 0.429. The van der Waals surface area contributed by atoms with Crippen molar-refractivity contribution in [3.05, 3.63) is 47.6 Å². The van der Waals surface area contributed by atoms with Crippen molar-refractivity contribution in [2.24, 2.45) is 4.99 Å². The monoisotopic (exact) mass is 545 g/mol. The third kappa shape index (κ3) is 6.53. The van der Waals surface area contributed by atoms with E-state index >= 15 is 0 Å². The molecule has 0 saturated carbocycles. The molecule has 1 aromatic heterocycles. The zero-order chi connectivity index (χ0) is 20.6. The van der Waals surface area contributed by atoms with Gasteiger partial charge in [0.1, 0.15) is 11.9 Å². The van der Waals surface area contributed by atoms with Crippen molar-refractivity contribution in [3.8, 4) is 11.5 Å². The number of guanidine groups is 1. The number of ether oxygens (including phenoxy) is 2. The van der Waals surface area contributed by atoms with E-state index in [1.54, 1.807) is 20.4 Å². The molecule has 0 amide bonds. The molecular weight excluding hydrogens is 517 g/mol. The number of nitrogens with one attached hydrogen (secondary N) is 2. The van der Waals surface area contributed by atoms with Gasteiger partial charge in [-0.1, -0.05) is 23.7 Å². The number of aliphatic imine (C=N–C) groups is 1. The van der Waals surface area contributed by atoms with Gasteiger partial charge in [-0.15, -0.1) is 24.0 Å². The fourth-order valence-electron chi connectivity index (χ4n) is 3.28. The summed E-state index contributed by atoms with van der Waals surface area (Å²) in [6, 6.07) is 11.6. The van der Waals surface area contributed by atoms with E-state index in [4.69, 9.17) is 21.1 Å². The van der Waals surface area contributed by atoms with E-state index in [1.807, 2.05) is 43.3 Å². The molecule has 1 fully saturated rings. The van der Waals surface area contributed by atoms with E-state index < -0.39 is 0 Å². The first-order valence-electron chi connectivity index (χ1n) is 9.73. The van der Waals surface area contributed by atoms with Gasteiger partial charge in [-0.3, -0.25) is 4.99 Å². The molecule has 0 spiro atoms. The Hall–Kier alpha value is -1.94. The zero-order valence-electron chi connectivity index (χ0n) is 17.5. The largest absolute Gasteiger partial charge is 0.493 e. The summed E-state index contributed by atoms with van der Waals surface area (Å²) in [7, 11) is 3.41. The Labute approximate surface area is 200 Å². The van der Waals surface area contributed by atoms with E-state index in [1.165, 1.54) is 0 Å². The van der Waals surface area contributed by atoms with E-state index in [2.05, 4.69) is 25.5 Å². The lowest BCUT2D eigenvalue weighted by molar-refractivity contribution is 0.213. The van der Waals surface area contributed by atoms with Gasteiger partial charge in [0.2, 0.25) is 0 Å². The van der Waals surface area contributed by atoms with Crippen molar-refractivity contribution in [3.63, 3.8) is 0 Å². The third-order valence-corrected chi connectivity index (χ3v) is 5.04. The highest BCUT2D eigenvalue weighted by molar-refractivity contribution is 14.0. The number of aromatic nitrogens is 1. The molecule has 164 valence electrons. The zero-order valence-corrected chi connectivity index (χ0v) is 20.6. The van der Waals surface area contributed by atoms with Gasteiger partial charge in [0.15, 0.2) is 17.5 Å². The molecule has 1 aromatic carbocycles. The molecule has 2 heterocycles. The maximum absolute atomic E-state index is 6.27. The number of benzene rings is 1. The number of anilines is 1. The summed E-state index contributed by atoms with van der Waals surface area (Å²) >= 11 is 6.27. The first-order valence-corrected chi connectivity index (χ1v) is 10.1. The lowest BCUT2D eigenvalue weighted by atomic mass is 10.3. The molecule has 2 unspecified atom stereocenters. The Morgan fingerprint density at radius 2 is 2.07 bits per heavy atom. The van der Waals surface area contributed by atoms with Crippen LogP contribution in [0.2, 0.25) is 5.02 Å². The quantitative estimate of drug-likeness (QED) is 0.315. The summed E-state index contributed by atoms with van der Waals surface area (Å²) in [5.41, 5.74) is 0. The minimum absolute atomic E-state index is 0. The van der Waals surface area contributed by atoms with E-state index in [9.17, 15) is 0 Å². The number of halogens is 2. The van der Waals surface area contributed by atoms with Gasteiger partial charge in [0.05, 0.1) is 18.7 Å². The molecule has 3 rings (SSSR count). The molecular formula is C21H29ClIN5O2. The lowest BCUT2D eigenvalue weighted by Crippen LogP contribution is -2.47. The molecule has 9 heteroatoms. The predicted octanol–water partition coefficient (Wildman–Crippen LogP) is 3.57. The Kier molecular flexibility index (Phi) is 9.77. The number of hydrogen-bond donors (Lipinski definition) is 2. The van der Waals surface area contributed by atoms with Crippen LogP contribution in [-0.2, 0) is 0 Å². The average Bonchev–Trinajstić information content (AvgIpc) is 3.20. The maximum Gasteiger partial charge on any atom is 0.191 e. The third-order valence-electron chi connectivity index (χ3n) is 4.75. The molecule has 1 aliphatic rings. The van der Waals surface area contributed by atoms with E-state index in [-0.39, 0.29) is 36.1 Å². The SMILES string of the molecule is CN=C(NCC(C)Oc1ccccc1OC)NC1CCN(c2ncccc2Cl)C1.I. The number of methoxy groups -OCH3 is 1. The van der Waals surface area contributed by atoms with Crippen LogP contribution in [0, 0.1) is 0 Å². The number of nitrogens with zero attached hydrogens (tertiary/aromatic N) is 3. The van der Waals surface area contributed by atoms with E-state index in [0.29, 0.717) is 11.6 Å². The molecule has 30 heavy (non-hydrogen) atoms. The molecule has 2 atom stereocenters. The second-order valence-electron chi connectivity index (χ2n) is 6.92. The minimum atomic E-state index is -0.0581. The second-order valence-corrected chi connectivity index (χ2v) is 7.32. The number of para-hydroxylation sites is 2. The van der Waals surface area contributed by atoms with Crippen LogP contribution in [0.5, 0.6) is 11.5 Å². The topological polar surface area (TPSA) is 71.0 Å². The minimum Gasteiger partial charge on any atom is -0.493 e. The summed E-state index contributed by atoms with van der Waals surface area (Å²) in [5.74, 6) is 3.03. The summed E-state index contributed by atoms with van der Waals surface area (Å²) in [5, 5.41) is 7.48. The molecule has 0 aliphatic carbocycles. The smallest absolute Gasteiger partial charge is 0.191 e. The Bertz CT molecular complexity index is 839. The molecule has 7 nitrogen and oxygen atoms in total. The maximum atomic E-state index is 6.27. The molecule has 2 aromatic rings. The Balaban J connectivity index is 0.00000320. The predicted molar refractivity (Wildman–Crippen MR) is 133 cm³/mol. The molecule has 0 radical (unpaired) electrons. The van der Waals surface area contributed by atoms with Crippen LogP contribution < -0.4 is 25.0 Å². The van der Waals surface area contributed by atoms with Gasteiger partial charge in [-0.25, -0.2) is 4.98 Å². The molecule has 1 saturated heterocycles. The van der Waals surface area contributed by atoms with E-state index in [0.717, 1.165) is 42.8 Å². The fourth-order valence-corrected chi connectivity index (χ4v) is 3.52. The van der Waals surface area contributed by atoms with Gasteiger partial charge in [-0.05, 0) is 37.6 Å². The number of pyridine rings is 1. The van der Waals surface area contributed by atoms with Gasteiger partial charge >= 0.3 is 0 Å². The van der Waals surface area contributed by atoms with Crippen molar-refractivity contribution in [1.82, 2.24) is 15.6 Å². The van der Waals surface area contributed by atoms with Gasteiger partial charge in [-0.2, -0.15) is 0 Å². The highest BCUT2D eigenvalue weighted by Gasteiger charge is 2.25. The van der Waals surface area contributed by atoms with Crippen LogP contribution in [0.25, 0.3) is 0 Å². The normalized spacial score (nSPS) is 17.1. The van der Waals surface area contributed by atoms with Crippen molar-refractivity contribution in [2.45, 2.75) is 25.5 Å². The van der Waals surface area contributed by atoms with Crippen molar-refractivity contribution in [1.29, 1.82) is 0 Å². The number of rotatable bonds is 7. The highest BCUT2D eigenvalue weighted by atomic mass is 127. The van der Waals surface area contributed by atoms with Crippen LogP contribution in [-0.4, -0.2) is 56.9 Å².